The lowest BCUT2D eigenvalue weighted by Gasteiger charge is -2.36. The zero-order valence-electron chi connectivity index (χ0n) is 11.5. The zero-order chi connectivity index (χ0) is 13.0. The first kappa shape index (κ1) is 13.4. The van der Waals surface area contributed by atoms with Crippen LogP contribution in [0, 0.1) is 0 Å². The third kappa shape index (κ3) is 3.47. The molecule has 0 aromatic heterocycles. The lowest BCUT2D eigenvalue weighted by molar-refractivity contribution is 0.127. The van der Waals surface area contributed by atoms with Gasteiger partial charge in [0.2, 0.25) is 0 Å². The van der Waals surface area contributed by atoms with E-state index in [1.165, 1.54) is 38.0 Å². The molecule has 1 aromatic carbocycles. The number of rotatable bonds is 4. The molecule has 0 bridgehead atoms. The number of hydrogen-bond donors (Lipinski definition) is 1. The maximum absolute atomic E-state index is 9.48. The van der Waals surface area contributed by atoms with Crippen molar-refractivity contribution in [3.05, 3.63) is 29.8 Å². The summed E-state index contributed by atoms with van der Waals surface area (Å²) in [7, 11) is 2.19. The molecule has 1 aliphatic rings. The fourth-order valence-corrected chi connectivity index (χ4v) is 2.75. The summed E-state index contributed by atoms with van der Waals surface area (Å²) in [5.41, 5.74) is 1.19. The average Bonchev–Trinajstić information content (AvgIpc) is 2.39. The van der Waals surface area contributed by atoms with Crippen molar-refractivity contribution in [2.24, 2.45) is 0 Å². The molecule has 18 heavy (non-hydrogen) atoms. The monoisotopic (exact) mass is 248 g/mol. The number of phenols is 1. The molecule has 0 spiro atoms. The summed E-state index contributed by atoms with van der Waals surface area (Å²) in [5.74, 6) is 0.363. The molecule has 0 aliphatic carbocycles. The first-order chi connectivity index (χ1) is 8.69. The third-order valence-electron chi connectivity index (χ3n) is 3.97. The predicted octanol–water partition coefficient (Wildman–Crippen LogP) is 2.31. The Morgan fingerprint density at radius 3 is 2.67 bits per heavy atom. The van der Waals surface area contributed by atoms with Gasteiger partial charge in [0.25, 0.3) is 0 Å². The predicted molar refractivity (Wildman–Crippen MR) is 74.7 cm³/mol. The van der Waals surface area contributed by atoms with Crippen LogP contribution >= 0.6 is 0 Å². The second-order valence-electron chi connectivity index (χ2n) is 5.25. The van der Waals surface area contributed by atoms with Crippen molar-refractivity contribution in [3.8, 4) is 5.75 Å². The van der Waals surface area contributed by atoms with Crippen LogP contribution in [0.5, 0.6) is 5.75 Å². The molecule has 2 rings (SSSR count). The quantitative estimate of drug-likeness (QED) is 0.886. The van der Waals surface area contributed by atoms with Crippen LogP contribution in [0.2, 0.25) is 0 Å². The van der Waals surface area contributed by atoms with Crippen molar-refractivity contribution in [1.29, 1.82) is 0 Å². The van der Waals surface area contributed by atoms with Crippen LogP contribution in [-0.2, 0) is 6.54 Å². The van der Waals surface area contributed by atoms with Crippen molar-refractivity contribution < 1.29 is 5.11 Å². The van der Waals surface area contributed by atoms with Gasteiger partial charge in [-0.15, -0.1) is 0 Å². The molecule has 1 aromatic rings. The van der Waals surface area contributed by atoms with Gasteiger partial charge in [0.05, 0.1) is 0 Å². The van der Waals surface area contributed by atoms with Gasteiger partial charge in [0.1, 0.15) is 5.75 Å². The first-order valence-electron chi connectivity index (χ1n) is 6.89. The third-order valence-corrected chi connectivity index (χ3v) is 3.97. The molecule has 1 N–H and O–H groups in total. The van der Waals surface area contributed by atoms with Gasteiger partial charge in [-0.05, 0) is 57.2 Å². The van der Waals surface area contributed by atoms with Gasteiger partial charge in [0.15, 0.2) is 0 Å². The number of nitrogens with zero attached hydrogens (tertiary/aromatic N) is 2. The Balaban J connectivity index is 1.87. The van der Waals surface area contributed by atoms with Crippen molar-refractivity contribution >= 4 is 0 Å². The molecule has 3 heteroatoms. The molecule has 0 radical (unpaired) electrons. The molecule has 0 atom stereocenters. The van der Waals surface area contributed by atoms with Gasteiger partial charge in [-0.25, -0.2) is 0 Å². The smallest absolute Gasteiger partial charge is 0.115 e. The SMILES string of the molecule is CCN1CCC(N(C)Cc2cccc(O)c2)CC1. The van der Waals surface area contributed by atoms with Crippen LogP contribution in [0.15, 0.2) is 24.3 Å². The maximum Gasteiger partial charge on any atom is 0.115 e. The van der Waals surface area contributed by atoms with E-state index < -0.39 is 0 Å². The van der Waals surface area contributed by atoms with E-state index in [-0.39, 0.29) is 0 Å². The average molecular weight is 248 g/mol. The van der Waals surface area contributed by atoms with Gasteiger partial charge in [-0.2, -0.15) is 0 Å². The topological polar surface area (TPSA) is 26.7 Å². The highest BCUT2D eigenvalue weighted by atomic mass is 16.3. The normalized spacial score (nSPS) is 18.4. The summed E-state index contributed by atoms with van der Waals surface area (Å²) in [4.78, 5) is 4.93. The molecule has 100 valence electrons. The van der Waals surface area contributed by atoms with Crippen molar-refractivity contribution in [3.63, 3.8) is 0 Å². The Morgan fingerprint density at radius 2 is 2.06 bits per heavy atom. The van der Waals surface area contributed by atoms with Crippen molar-refractivity contribution in [2.45, 2.75) is 32.4 Å². The number of likely N-dealkylation sites (tertiary alicyclic amines) is 1. The van der Waals surface area contributed by atoms with E-state index in [2.05, 4.69) is 29.8 Å². The van der Waals surface area contributed by atoms with Crippen LogP contribution in [0.3, 0.4) is 0 Å². The van der Waals surface area contributed by atoms with E-state index in [1.54, 1.807) is 6.07 Å². The Bertz CT molecular complexity index is 373. The minimum absolute atomic E-state index is 0.363. The molecule has 1 fully saturated rings. The van der Waals surface area contributed by atoms with E-state index in [9.17, 15) is 5.11 Å². The van der Waals surface area contributed by atoms with Crippen LogP contribution in [0.25, 0.3) is 0 Å². The lowest BCUT2D eigenvalue weighted by atomic mass is 10.0. The van der Waals surface area contributed by atoms with Crippen LogP contribution in [0.4, 0.5) is 0 Å². The minimum Gasteiger partial charge on any atom is -0.508 e. The van der Waals surface area contributed by atoms with E-state index in [4.69, 9.17) is 0 Å². The lowest BCUT2D eigenvalue weighted by Crippen LogP contribution is -2.42. The second kappa shape index (κ2) is 6.21. The highest BCUT2D eigenvalue weighted by molar-refractivity contribution is 5.27. The number of hydrogen-bond acceptors (Lipinski definition) is 3. The molecule has 0 saturated carbocycles. The molecule has 1 heterocycles. The summed E-state index contributed by atoms with van der Waals surface area (Å²) < 4.78 is 0. The van der Waals surface area contributed by atoms with Gasteiger partial charge >= 0.3 is 0 Å². The van der Waals surface area contributed by atoms with Gasteiger partial charge in [-0.1, -0.05) is 19.1 Å². The van der Waals surface area contributed by atoms with E-state index in [0.29, 0.717) is 11.8 Å². The summed E-state index contributed by atoms with van der Waals surface area (Å²) in [6, 6.07) is 8.26. The highest BCUT2D eigenvalue weighted by Crippen LogP contribution is 2.18. The molecule has 0 unspecified atom stereocenters. The highest BCUT2D eigenvalue weighted by Gasteiger charge is 2.21. The second-order valence-corrected chi connectivity index (χ2v) is 5.25. The fourth-order valence-electron chi connectivity index (χ4n) is 2.75. The Kier molecular flexibility index (Phi) is 4.61. The van der Waals surface area contributed by atoms with Gasteiger partial charge < -0.3 is 10.0 Å². The van der Waals surface area contributed by atoms with E-state index in [0.717, 1.165) is 6.54 Å². The molecule has 1 saturated heterocycles. The van der Waals surface area contributed by atoms with Crippen molar-refractivity contribution in [1.82, 2.24) is 9.80 Å². The first-order valence-corrected chi connectivity index (χ1v) is 6.89. The van der Waals surface area contributed by atoms with Gasteiger partial charge in [0, 0.05) is 12.6 Å². The molecule has 3 nitrogen and oxygen atoms in total. The number of phenolic OH excluding ortho intramolecular Hbond substituents is 1. The van der Waals surface area contributed by atoms with Gasteiger partial charge in [-0.3, -0.25) is 4.90 Å². The Labute approximate surface area is 110 Å². The summed E-state index contributed by atoms with van der Waals surface area (Å²) in [6.45, 7) is 6.75. The number of benzene rings is 1. The Morgan fingerprint density at radius 1 is 1.33 bits per heavy atom. The Hall–Kier alpha value is -1.06. The van der Waals surface area contributed by atoms with E-state index in [1.807, 2.05) is 12.1 Å². The fraction of sp³-hybridized carbons (Fsp3) is 0.600. The van der Waals surface area contributed by atoms with Crippen molar-refractivity contribution in [2.75, 3.05) is 26.7 Å². The van der Waals surface area contributed by atoms with Crippen LogP contribution in [-0.4, -0.2) is 47.6 Å². The molecule has 1 aliphatic heterocycles. The molecular formula is C15H24N2O. The maximum atomic E-state index is 9.48. The van der Waals surface area contributed by atoms with Crippen LogP contribution in [0.1, 0.15) is 25.3 Å². The number of aromatic hydroxyl groups is 1. The zero-order valence-corrected chi connectivity index (χ0v) is 11.5. The number of piperidine rings is 1. The van der Waals surface area contributed by atoms with Crippen LogP contribution < -0.4 is 0 Å². The summed E-state index contributed by atoms with van der Waals surface area (Å²) >= 11 is 0. The largest absolute Gasteiger partial charge is 0.508 e. The standard InChI is InChI=1S/C15H24N2O/c1-3-17-9-7-14(8-10-17)16(2)12-13-5-4-6-15(18)11-13/h4-6,11,14,18H,3,7-10,12H2,1-2H3. The summed E-state index contributed by atoms with van der Waals surface area (Å²) in [6.07, 6.45) is 2.51. The van der Waals surface area contributed by atoms with E-state index >= 15 is 0 Å². The minimum atomic E-state index is 0.363. The summed E-state index contributed by atoms with van der Waals surface area (Å²) in [5, 5.41) is 9.48. The molecule has 0 amide bonds. The molecular weight excluding hydrogens is 224 g/mol.